The maximum absolute atomic E-state index is 14.0. The quantitative estimate of drug-likeness (QED) is 0.405. The first-order valence-electron chi connectivity index (χ1n) is 11.1. The first kappa shape index (κ1) is 22.5. The fourth-order valence-electron chi connectivity index (χ4n) is 4.11. The van der Waals surface area contributed by atoms with Crippen LogP contribution in [0.2, 0.25) is 0 Å². The number of amides is 1. The largest absolute Gasteiger partial charge is 0.493 e. The van der Waals surface area contributed by atoms with Crippen molar-refractivity contribution < 1.29 is 23.1 Å². The highest BCUT2D eigenvalue weighted by Crippen LogP contribution is 2.42. The number of rotatable bonds is 6. The standard InChI is InChI=1S/C26H22FN3O5/c1-14(2)13-34-19-7-5-15(11-20(19)33-3)22-21-23(31)17-12-16(27)6-8-18(17)35-24(21)25(32)30(22)26-28-9-4-10-29-26/h4-12,14,22H,13H2,1-3H3. The monoisotopic (exact) mass is 475 g/mol. The molecule has 1 amide bonds. The van der Waals surface area contributed by atoms with E-state index in [0.29, 0.717) is 29.6 Å². The van der Waals surface area contributed by atoms with Gasteiger partial charge in [-0.2, -0.15) is 0 Å². The maximum Gasteiger partial charge on any atom is 0.297 e. The van der Waals surface area contributed by atoms with E-state index in [1.165, 1.54) is 36.5 Å². The van der Waals surface area contributed by atoms with E-state index in [-0.39, 0.29) is 28.2 Å². The minimum Gasteiger partial charge on any atom is -0.493 e. The summed E-state index contributed by atoms with van der Waals surface area (Å²) >= 11 is 0. The number of anilines is 1. The number of halogens is 1. The van der Waals surface area contributed by atoms with Crippen molar-refractivity contribution in [2.24, 2.45) is 5.92 Å². The molecule has 0 aliphatic carbocycles. The molecular weight excluding hydrogens is 453 g/mol. The first-order chi connectivity index (χ1) is 16.9. The zero-order valence-corrected chi connectivity index (χ0v) is 19.3. The lowest BCUT2D eigenvalue weighted by atomic mass is 9.98. The lowest BCUT2D eigenvalue weighted by Crippen LogP contribution is -2.31. The lowest BCUT2D eigenvalue weighted by Gasteiger charge is -2.24. The van der Waals surface area contributed by atoms with Crippen molar-refractivity contribution in [1.82, 2.24) is 9.97 Å². The average molecular weight is 475 g/mol. The van der Waals surface area contributed by atoms with Gasteiger partial charge in [-0.25, -0.2) is 14.4 Å². The van der Waals surface area contributed by atoms with E-state index in [2.05, 4.69) is 9.97 Å². The Morgan fingerprint density at radius 1 is 1.09 bits per heavy atom. The molecule has 9 heteroatoms. The van der Waals surface area contributed by atoms with Crippen LogP contribution in [-0.2, 0) is 0 Å². The summed E-state index contributed by atoms with van der Waals surface area (Å²) in [6.07, 6.45) is 3.00. The van der Waals surface area contributed by atoms with Crippen molar-refractivity contribution in [2.45, 2.75) is 19.9 Å². The Morgan fingerprint density at radius 3 is 2.57 bits per heavy atom. The molecule has 0 spiro atoms. The first-order valence-corrected chi connectivity index (χ1v) is 11.1. The second-order valence-electron chi connectivity index (χ2n) is 8.56. The number of nitrogens with zero attached hydrogens (tertiary/aromatic N) is 3. The van der Waals surface area contributed by atoms with E-state index < -0.39 is 23.2 Å². The van der Waals surface area contributed by atoms with Gasteiger partial charge in [0.1, 0.15) is 11.4 Å². The molecule has 0 fully saturated rings. The van der Waals surface area contributed by atoms with Crippen LogP contribution in [-0.4, -0.2) is 29.6 Å². The summed E-state index contributed by atoms with van der Waals surface area (Å²) in [7, 11) is 1.51. The second kappa shape index (κ2) is 8.83. The van der Waals surface area contributed by atoms with E-state index in [9.17, 15) is 14.0 Å². The van der Waals surface area contributed by atoms with E-state index in [0.717, 1.165) is 6.07 Å². The molecule has 178 valence electrons. The molecule has 1 atom stereocenters. The van der Waals surface area contributed by atoms with Crippen LogP contribution in [0.4, 0.5) is 10.3 Å². The third kappa shape index (κ3) is 3.88. The number of ether oxygens (including phenoxy) is 2. The molecule has 5 rings (SSSR count). The molecule has 3 heterocycles. The lowest BCUT2D eigenvalue weighted by molar-refractivity contribution is 0.0969. The summed E-state index contributed by atoms with van der Waals surface area (Å²) < 4.78 is 31.2. The SMILES string of the molecule is COc1cc(C2c3c(oc4ccc(F)cc4c3=O)C(=O)N2c2ncccn2)ccc1OCC(C)C. The van der Waals surface area contributed by atoms with Crippen LogP contribution >= 0.6 is 0 Å². The molecule has 8 nitrogen and oxygen atoms in total. The van der Waals surface area contributed by atoms with Gasteiger partial charge >= 0.3 is 0 Å². The number of hydrogen-bond acceptors (Lipinski definition) is 7. The Kier molecular flexibility index (Phi) is 5.68. The fourth-order valence-corrected chi connectivity index (χ4v) is 4.11. The van der Waals surface area contributed by atoms with Gasteiger partial charge in [-0.3, -0.25) is 14.5 Å². The minimum atomic E-state index is -0.920. The Balaban J connectivity index is 1.73. The Labute approximate surface area is 199 Å². The molecular formula is C26H22FN3O5. The molecule has 2 aromatic carbocycles. The Bertz CT molecular complexity index is 1490. The van der Waals surface area contributed by atoms with Crippen molar-refractivity contribution in [3.8, 4) is 11.5 Å². The highest BCUT2D eigenvalue weighted by atomic mass is 19.1. The van der Waals surface area contributed by atoms with Gasteiger partial charge in [0, 0.05) is 12.4 Å². The maximum atomic E-state index is 14.0. The zero-order chi connectivity index (χ0) is 24.7. The van der Waals surface area contributed by atoms with Crippen molar-refractivity contribution in [2.75, 3.05) is 18.6 Å². The van der Waals surface area contributed by atoms with Crippen molar-refractivity contribution >= 4 is 22.8 Å². The predicted octanol–water partition coefficient (Wildman–Crippen LogP) is 4.52. The normalized spacial score (nSPS) is 15.1. The number of methoxy groups -OCH3 is 1. The van der Waals surface area contributed by atoms with Crippen LogP contribution in [0.3, 0.4) is 0 Å². The van der Waals surface area contributed by atoms with E-state index >= 15 is 0 Å². The van der Waals surface area contributed by atoms with Gasteiger partial charge in [-0.1, -0.05) is 19.9 Å². The number of hydrogen-bond donors (Lipinski definition) is 0. The van der Waals surface area contributed by atoms with E-state index in [1.807, 2.05) is 13.8 Å². The van der Waals surface area contributed by atoms with Crippen LogP contribution in [0.5, 0.6) is 11.5 Å². The van der Waals surface area contributed by atoms with Crippen molar-refractivity contribution in [3.63, 3.8) is 0 Å². The Hall–Kier alpha value is -4.27. The summed E-state index contributed by atoms with van der Waals surface area (Å²) in [5.41, 5.74) is 0.254. The number of benzene rings is 2. The molecule has 2 aromatic heterocycles. The van der Waals surface area contributed by atoms with E-state index in [4.69, 9.17) is 13.9 Å². The van der Waals surface area contributed by atoms with Gasteiger partial charge < -0.3 is 13.9 Å². The fraction of sp³-hybridized carbons (Fsp3) is 0.231. The third-order valence-corrected chi connectivity index (χ3v) is 5.68. The number of carbonyl (C=O) groups is 1. The summed E-state index contributed by atoms with van der Waals surface area (Å²) in [5, 5.41) is 0.0428. The number of aromatic nitrogens is 2. The van der Waals surface area contributed by atoms with Gasteiger partial charge in [0.25, 0.3) is 5.91 Å². The molecule has 0 bridgehead atoms. The summed E-state index contributed by atoms with van der Waals surface area (Å²) in [4.78, 5) is 36.9. The highest BCUT2D eigenvalue weighted by Gasteiger charge is 2.45. The van der Waals surface area contributed by atoms with Crippen molar-refractivity contribution in [3.05, 3.63) is 87.8 Å². The minimum absolute atomic E-state index is 0.0428. The summed E-state index contributed by atoms with van der Waals surface area (Å²) in [6, 6.07) is 9.49. The molecule has 1 unspecified atom stereocenters. The average Bonchev–Trinajstić information content (AvgIpc) is 3.16. The molecule has 1 aliphatic rings. The van der Waals surface area contributed by atoms with E-state index in [1.54, 1.807) is 24.3 Å². The van der Waals surface area contributed by atoms with Crippen LogP contribution in [0.1, 0.15) is 41.6 Å². The third-order valence-electron chi connectivity index (χ3n) is 5.68. The molecule has 35 heavy (non-hydrogen) atoms. The summed E-state index contributed by atoms with van der Waals surface area (Å²) in [6.45, 7) is 4.56. The number of carbonyl (C=O) groups excluding carboxylic acids is 1. The van der Waals surface area contributed by atoms with Gasteiger partial charge in [0.2, 0.25) is 11.7 Å². The zero-order valence-electron chi connectivity index (χ0n) is 19.3. The van der Waals surface area contributed by atoms with Crippen LogP contribution < -0.4 is 19.8 Å². The van der Waals surface area contributed by atoms with Gasteiger partial charge in [-0.15, -0.1) is 0 Å². The van der Waals surface area contributed by atoms with Crippen LogP contribution in [0.25, 0.3) is 11.0 Å². The molecule has 0 N–H and O–H groups in total. The Morgan fingerprint density at radius 2 is 1.86 bits per heavy atom. The molecule has 1 aliphatic heterocycles. The second-order valence-corrected chi connectivity index (χ2v) is 8.56. The van der Waals surface area contributed by atoms with Crippen molar-refractivity contribution in [1.29, 1.82) is 0 Å². The van der Waals surface area contributed by atoms with Gasteiger partial charge in [-0.05, 0) is 47.9 Å². The molecule has 4 aromatic rings. The molecule has 0 radical (unpaired) electrons. The topological polar surface area (TPSA) is 94.8 Å². The number of fused-ring (bicyclic) bond motifs is 2. The van der Waals surface area contributed by atoms with Gasteiger partial charge in [0.05, 0.1) is 30.7 Å². The van der Waals surface area contributed by atoms with Gasteiger partial charge in [0.15, 0.2) is 16.9 Å². The summed E-state index contributed by atoms with van der Waals surface area (Å²) in [5.74, 6) is 0.0932. The molecule has 0 saturated carbocycles. The molecule has 0 saturated heterocycles. The van der Waals surface area contributed by atoms with Crippen LogP contribution in [0, 0.1) is 11.7 Å². The highest BCUT2D eigenvalue weighted by molar-refractivity contribution is 6.09. The predicted molar refractivity (Wildman–Crippen MR) is 126 cm³/mol. The smallest absolute Gasteiger partial charge is 0.297 e. The van der Waals surface area contributed by atoms with Crippen LogP contribution in [0.15, 0.2) is 64.1 Å².